The molecular formula is C20H19N3O3. The fourth-order valence-corrected chi connectivity index (χ4v) is 3.42. The number of aliphatic carboxylic acids is 1. The second kappa shape index (κ2) is 6.29. The van der Waals surface area contributed by atoms with Crippen LogP contribution in [0.3, 0.4) is 0 Å². The molecule has 6 heteroatoms. The first-order valence-corrected chi connectivity index (χ1v) is 8.64. The number of carbonyl (C=O) groups is 2. The summed E-state index contributed by atoms with van der Waals surface area (Å²) in [5, 5.41) is 12.2. The van der Waals surface area contributed by atoms with Crippen molar-refractivity contribution in [3.8, 4) is 11.4 Å². The molecule has 26 heavy (non-hydrogen) atoms. The number of carbonyl (C=O) groups excluding carboxylic acids is 1. The molecule has 1 heterocycles. The summed E-state index contributed by atoms with van der Waals surface area (Å²) in [4.78, 5) is 31.6. The lowest BCUT2D eigenvalue weighted by atomic mass is 9.66. The average Bonchev–Trinajstić information content (AvgIpc) is 3.02. The fraction of sp³-hybridized carbons (Fsp3) is 0.250. The molecule has 1 aliphatic carbocycles. The number of nitrogens with zero attached hydrogens (tertiary/aromatic N) is 1. The number of aromatic amines is 1. The van der Waals surface area contributed by atoms with Crippen molar-refractivity contribution in [1.29, 1.82) is 0 Å². The summed E-state index contributed by atoms with van der Waals surface area (Å²) >= 11 is 0. The Morgan fingerprint density at radius 1 is 1.15 bits per heavy atom. The zero-order chi connectivity index (χ0) is 18.1. The van der Waals surface area contributed by atoms with E-state index < -0.39 is 11.4 Å². The van der Waals surface area contributed by atoms with Gasteiger partial charge in [0.15, 0.2) is 0 Å². The van der Waals surface area contributed by atoms with Gasteiger partial charge in [-0.2, -0.15) is 0 Å². The van der Waals surface area contributed by atoms with Gasteiger partial charge in [-0.3, -0.25) is 9.59 Å². The number of hydrogen-bond acceptors (Lipinski definition) is 3. The number of anilines is 1. The summed E-state index contributed by atoms with van der Waals surface area (Å²) in [6.07, 6.45) is 2.00. The van der Waals surface area contributed by atoms with Crippen LogP contribution in [-0.2, 0) is 9.59 Å². The highest BCUT2D eigenvalue weighted by Crippen LogP contribution is 2.44. The van der Waals surface area contributed by atoms with E-state index >= 15 is 0 Å². The van der Waals surface area contributed by atoms with E-state index in [1.165, 1.54) is 0 Å². The molecule has 0 radical (unpaired) electrons. The monoisotopic (exact) mass is 349 g/mol. The SMILES string of the molecule is O=C(CC1(C(=O)O)CCC1)Nc1cccc(-c2nc3ccccc3[nH]2)c1. The normalized spacial score (nSPS) is 15.4. The van der Waals surface area contributed by atoms with Crippen molar-refractivity contribution in [2.75, 3.05) is 5.32 Å². The zero-order valence-corrected chi connectivity index (χ0v) is 14.2. The number of benzene rings is 2. The maximum atomic E-state index is 12.3. The molecule has 4 rings (SSSR count). The molecule has 1 saturated carbocycles. The van der Waals surface area contributed by atoms with Gasteiger partial charge in [0.1, 0.15) is 5.82 Å². The molecule has 0 spiro atoms. The van der Waals surface area contributed by atoms with Gasteiger partial charge in [-0.1, -0.05) is 30.7 Å². The second-order valence-corrected chi connectivity index (χ2v) is 6.85. The molecule has 6 nitrogen and oxygen atoms in total. The Morgan fingerprint density at radius 3 is 2.65 bits per heavy atom. The predicted octanol–water partition coefficient (Wildman–Crippen LogP) is 3.81. The Balaban J connectivity index is 1.52. The van der Waals surface area contributed by atoms with Crippen LogP contribution in [0, 0.1) is 5.41 Å². The first-order valence-electron chi connectivity index (χ1n) is 8.64. The lowest BCUT2D eigenvalue weighted by Crippen LogP contribution is -2.41. The van der Waals surface area contributed by atoms with Crippen LogP contribution in [0.4, 0.5) is 5.69 Å². The largest absolute Gasteiger partial charge is 0.481 e. The van der Waals surface area contributed by atoms with Crippen molar-refractivity contribution in [2.45, 2.75) is 25.7 Å². The van der Waals surface area contributed by atoms with Gasteiger partial charge in [-0.05, 0) is 37.1 Å². The average molecular weight is 349 g/mol. The topological polar surface area (TPSA) is 95.1 Å². The maximum Gasteiger partial charge on any atom is 0.310 e. The summed E-state index contributed by atoms with van der Waals surface area (Å²) in [6.45, 7) is 0. The van der Waals surface area contributed by atoms with E-state index in [2.05, 4.69) is 15.3 Å². The van der Waals surface area contributed by atoms with E-state index in [-0.39, 0.29) is 12.3 Å². The quantitative estimate of drug-likeness (QED) is 0.653. The van der Waals surface area contributed by atoms with Gasteiger partial charge in [0, 0.05) is 17.7 Å². The number of amides is 1. The maximum absolute atomic E-state index is 12.3. The van der Waals surface area contributed by atoms with Crippen molar-refractivity contribution in [2.24, 2.45) is 5.41 Å². The van der Waals surface area contributed by atoms with Crippen LogP contribution in [-0.4, -0.2) is 27.0 Å². The lowest BCUT2D eigenvalue weighted by Gasteiger charge is -2.36. The predicted molar refractivity (Wildman–Crippen MR) is 98.7 cm³/mol. The molecule has 2 aromatic carbocycles. The molecule has 0 saturated heterocycles. The van der Waals surface area contributed by atoms with Gasteiger partial charge >= 0.3 is 5.97 Å². The third kappa shape index (κ3) is 2.94. The Labute approximate surface area is 150 Å². The number of imidazole rings is 1. The van der Waals surface area contributed by atoms with Crippen molar-refractivity contribution >= 4 is 28.6 Å². The van der Waals surface area contributed by atoms with Crippen LogP contribution in [0.5, 0.6) is 0 Å². The molecule has 1 fully saturated rings. The molecule has 0 unspecified atom stereocenters. The third-order valence-electron chi connectivity index (χ3n) is 5.07. The molecule has 0 bridgehead atoms. The van der Waals surface area contributed by atoms with Crippen molar-refractivity contribution in [3.05, 3.63) is 48.5 Å². The van der Waals surface area contributed by atoms with E-state index in [1.54, 1.807) is 6.07 Å². The van der Waals surface area contributed by atoms with Crippen LogP contribution >= 0.6 is 0 Å². The Hall–Kier alpha value is -3.15. The van der Waals surface area contributed by atoms with Crippen molar-refractivity contribution < 1.29 is 14.7 Å². The van der Waals surface area contributed by atoms with Crippen LogP contribution in [0.1, 0.15) is 25.7 Å². The zero-order valence-electron chi connectivity index (χ0n) is 14.2. The summed E-state index contributed by atoms with van der Waals surface area (Å²) in [6, 6.07) is 15.2. The molecule has 3 aromatic rings. The van der Waals surface area contributed by atoms with Crippen LogP contribution in [0.25, 0.3) is 22.4 Å². The van der Waals surface area contributed by atoms with E-state index in [0.29, 0.717) is 18.5 Å². The van der Waals surface area contributed by atoms with Gasteiger partial charge in [-0.25, -0.2) is 4.98 Å². The minimum atomic E-state index is -0.888. The first-order chi connectivity index (χ1) is 12.6. The summed E-state index contributed by atoms with van der Waals surface area (Å²) < 4.78 is 0. The van der Waals surface area contributed by atoms with Gasteiger partial charge in [0.2, 0.25) is 5.91 Å². The molecule has 0 atom stereocenters. The Bertz CT molecular complexity index is 956. The third-order valence-corrected chi connectivity index (χ3v) is 5.07. The summed E-state index contributed by atoms with van der Waals surface area (Å²) in [5.41, 5.74) is 2.43. The molecule has 1 aliphatic rings. The van der Waals surface area contributed by atoms with E-state index in [4.69, 9.17) is 0 Å². The highest BCUT2D eigenvalue weighted by atomic mass is 16.4. The number of hydrogen-bond donors (Lipinski definition) is 3. The minimum absolute atomic E-state index is 0.0111. The van der Waals surface area contributed by atoms with E-state index in [9.17, 15) is 14.7 Å². The molecular weight excluding hydrogens is 330 g/mol. The number of aromatic nitrogens is 2. The number of rotatable bonds is 5. The highest BCUT2D eigenvalue weighted by Gasteiger charge is 2.45. The second-order valence-electron chi connectivity index (χ2n) is 6.85. The smallest absolute Gasteiger partial charge is 0.310 e. The van der Waals surface area contributed by atoms with Crippen LogP contribution in [0.15, 0.2) is 48.5 Å². The van der Waals surface area contributed by atoms with Gasteiger partial charge in [-0.15, -0.1) is 0 Å². The number of nitrogens with one attached hydrogen (secondary N) is 2. The lowest BCUT2D eigenvalue weighted by molar-refractivity contribution is -0.157. The summed E-state index contributed by atoms with van der Waals surface area (Å²) in [7, 11) is 0. The number of fused-ring (bicyclic) bond motifs is 1. The molecule has 3 N–H and O–H groups in total. The van der Waals surface area contributed by atoms with Crippen LogP contribution < -0.4 is 5.32 Å². The van der Waals surface area contributed by atoms with E-state index in [1.807, 2.05) is 42.5 Å². The van der Waals surface area contributed by atoms with Crippen molar-refractivity contribution in [1.82, 2.24) is 9.97 Å². The van der Waals surface area contributed by atoms with Crippen molar-refractivity contribution in [3.63, 3.8) is 0 Å². The first kappa shape index (κ1) is 16.3. The summed E-state index contributed by atoms with van der Waals surface area (Å²) in [5.74, 6) is -0.424. The number of para-hydroxylation sites is 2. The molecule has 132 valence electrons. The van der Waals surface area contributed by atoms with E-state index in [0.717, 1.165) is 28.8 Å². The molecule has 1 amide bonds. The number of H-pyrrole nitrogens is 1. The highest BCUT2D eigenvalue weighted by molar-refractivity contribution is 5.95. The number of carboxylic acid groups (broad SMARTS) is 1. The Morgan fingerprint density at radius 2 is 1.96 bits per heavy atom. The fourth-order valence-electron chi connectivity index (χ4n) is 3.42. The Kier molecular flexibility index (Phi) is 3.95. The molecule has 0 aliphatic heterocycles. The van der Waals surface area contributed by atoms with Crippen LogP contribution in [0.2, 0.25) is 0 Å². The minimum Gasteiger partial charge on any atom is -0.481 e. The van der Waals surface area contributed by atoms with Gasteiger partial charge in [0.05, 0.1) is 16.4 Å². The standard InChI is InChI=1S/C20H19N3O3/c24-17(12-20(19(25)26)9-4-10-20)21-14-6-3-5-13(11-14)18-22-15-7-1-2-8-16(15)23-18/h1-3,5-8,11H,4,9-10,12H2,(H,21,24)(H,22,23)(H,25,26). The number of carboxylic acids is 1. The van der Waals surface area contributed by atoms with Gasteiger partial charge in [0.25, 0.3) is 0 Å². The molecule has 1 aromatic heterocycles. The van der Waals surface area contributed by atoms with Gasteiger partial charge < -0.3 is 15.4 Å².